The molecule has 2 amide bonds. The van der Waals surface area contributed by atoms with Gasteiger partial charge in [0, 0.05) is 12.8 Å². The van der Waals surface area contributed by atoms with Crippen LogP contribution in [0, 0.1) is 5.82 Å². The standard InChI is InChI=1S/C13H12FNO4/c14-8-5-6-10(9(7-8)13(18)19)15-11(16)3-1-2-4-12(15)17/h5-7H,1-4H2,(H,18,19). The van der Waals surface area contributed by atoms with E-state index in [2.05, 4.69) is 0 Å². The molecule has 1 N–H and O–H groups in total. The summed E-state index contributed by atoms with van der Waals surface area (Å²) < 4.78 is 13.1. The van der Waals surface area contributed by atoms with Crippen molar-refractivity contribution in [2.24, 2.45) is 0 Å². The first-order valence-electron chi connectivity index (χ1n) is 5.89. The number of imide groups is 1. The molecule has 0 aromatic heterocycles. The zero-order valence-corrected chi connectivity index (χ0v) is 10.1. The van der Waals surface area contributed by atoms with E-state index in [4.69, 9.17) is 5.11 Å². The van der Waals surface area contributed by atoms with Gasteiger partial charge >= 0.3 is 5.97 Å². The Morgan fingerprint density at radius 1 is 1.16 bits per heavy atom. The molecule has 100 valence electrons. The molecule has 5 nitrogen and oxygen atoms in total. The number of halogens is 1. The highest BCUT2D eigenvalue weighted by molar-refractivity contribution is 6.17. The minimum absolute atomic E-state index is 0.0641. The highest BCUT2D eigenvalue weighted by Gasteiger charge is 2.29. The first-order chi connectivity index (χ1) is 9.00. The third kappa shape index (κ3) is 2.62. The van der Waals surface area contributed by atoms with Gasteiger partial charge in [0.15, 0.2) is 0 Å². The number of carbonyl (C=O) groups excluding carboxylic acids is 2. The van der Waals surface area contributed by atoms with Gasteiger partial charge in [-0.15, -0.1) is 0 Å². The van der Waals surface area contributed by atoms with E-state index < -0.39 is 23.6 Å². The predicted octanol–water partition coefficient (Wildman–Crippen LogP) is 1.96. The second-order valence-corrected chi connectivity index (χ2v) is 4.30. The quantitative estimate of drug-likeness (QED) is 0.829. The molecule has 2 rings (SSSR count). The maximum Gasteiger partial charge on any atom is 0.337 e. The van der Waals surface area contributed by atoms with Gasteiger partial charge in [0.05, 0.1) is 11.3 Å². The Bertz CT molecular complexity index is 538. The van der Waals surface area contributed by atoms with E-state index in [-0.39, 0.29) is 24.1 Å². The van der Waals surface area contributed by atoms with Crippen molar-refractivity contribution in [2.75, 3.05) is 4.90 Å². The Morgan fingerprint density at radius 3 is 2.26 bits per heavy atom. The smallest absolute Gasteiger partial charge is 0.337 e. The molecule has 1 aromatic carbocycles. The number of carboxylic acid groups (broad SMARTS) is 1. The molecular weight excluding hydrogens is 253 g/mol. The van der Waals surface area contributed by atoms with Crippen LogP contribution in [0.2, 0.25) is 0 Å². The number of amides is 2. The summed E-state index contributed by atoms with van der Waals surface area (Å²) in [5.41, 5.74) is -0.450. The van der Waals surface area contributed by atoms with Gasteiger partial charge in [-0.3, -0.25) is 9.59 Å². The molecule has 0 saturated carbocycles. The molecule has 1 aliphatic heterocycles. The summed E-state index contributed by atoms with van der Waals surface area (Å²) in [5.74, 6) is -3.00. The molecule has 19 heavy (non-hydrogen) atoms. The van der Waals surface area contributed by atoms with Crippen molar-refractivity contribution in [1.29, 1.82) is 0 Å². The average molecular weight is 265 g/mol. The molecular formula is C13H12FNO4. The fraction of sp³-hybridized carbons (Fsp3) is 0.308. The van der Waals surface area contributed by atoms with E-state index in [1.165, 1.54) is 0 Å². The lowest BCUT2D eigenvalue weighted by Crippen LogP contribution is -2.36. The fourth-order valence-electron chi connectivity index (χ4n) is 2.06. The molecule has 6 heteroatoms. The molecule has 1 fully saturated rings. The summed E-state index contributed by atoms with van der Waals surface area (Å²) >= 11 is 0. The molecule has 0 aliphatic carbocycles. The average Bonchev–Trinajstić information content (AvgIpc) is 2.51. The summed E-state index contributed by atoms with van der Waals surface area (Å²) in [6.07, 6.45) is 1.54. The van der Waals surface area contributed by atoms with Crippen molar-refractivity contribution >= 4 is 23.5 Å². The summed E-state index contributed by atoms with van der Waals surface area (Å²) in [6, 6.07) is 3.00. The van der Waals surface area contributed by atoms with Crippen molar-refractivity contribution in [3.05, 3.63) is 29.6 Å². The molecule has 0 atom stereocenters. The van der Waals surface area contributed by atoms with Crippen LogP contribution in [-0.4, -0.2) is 22.9 Å². The van der Waals surface area contributed by atoms with Crippen molar-refractivity contribution in [3.8, 4) is 0 Å². The number of hydrogen-bond acceptors (Lipinski definition) is 3. The zero-order valence-electron chi connectivity index (χ0n) is 10.1. The van der Waals surface area contributed by atoms with E-state index in [9.17, 15) is 18.8 Å². The van der Waals surface area contributed by atoms with Crippen LogP contribution in [-0.2, 0) is 9.59 Å². The molecule has 0 unspecified atom stereocenters. The number of nitrogens with zero attached hydrogens (tertiary/aromatic N) is 1. The van der Waals surface area contributed by atoms with Crippen molar-refractivity contribution in [1.82, 2.24) is 0 Å². The van der Waals surface area contributed by atoms with Crippen LogP contribution in [0.5, 0.6) is 0 Å². The Hall–Kier alpha value is -2.24. The van der Waals surface area contributed by atoms with E-state index >= 15 is 0 Å². The van der Waals surface area contributed by atoms with Gasteiger partial charge in [-0.25, -0.2) is 14.1 Å². The van der Waals surface area contributed by atoms with Crippen LogP contribution in [0.4, 0.5) is 10.1 Å². The van der Waals surface area contributed by atoms with Gasteiger partial charge in [-0.2, -0.15) is 0 Å². The van der Waals surface area contributed by atoms with Crippen molar-refractivity contribution in [3.63, 3.8) is 0 Å². The first kappa shape index (κ1) is 13.2. The molecule has 0 spiro atoms. The van der Waals surface area contributed by atoms with Gasteiger partial charge in [0.25, 0.3) is 0 Å². The summed E-state index contributed by atoms with van der Waals surface area (Å²) in [7, 11) is 0. The highest BCUT2D eigenvalue weighted by atomic mass is 19.1. The number of carboxylic acids is 1. The topological polar surface area (TPSA) is 74.7 Å². The van der Waals surface area contributed by atoms with E-state index in [1.807, 2.05) is 0 Å². The Kier molecular flexibility index (Phi) is 3.59. The normalized spacial score (nSPS) is 16.4. The van der Waals surface area contributed by atoms with E-state index in [0.29, 0.717) is 12.8 Å². The predicted molar refractivity (Wildman–Crippen MR) is 64.3 cm³/mol. The fourth-order valence-corrected chi connectivity index (χ4v) is 2.06. The van der Waals surface area contributed by atoms with Crippen molar-refractivity contribution < 1.29 is 23.9 Å². The lowest BCUT2D eigenvalue weighted by molar-refractivity contribution is -0.125. The van der Waals surface area contributed by atoms with Crippen LogP contribution in [0.1, 0.15) is 36.0 Å². The Morgan fingerprint density at radius 2 is 1.74 bits per heavy atom. The van der Waals surface area contributed by atoms with Crippen LogP contribution in [0.3, 0.4) is 0 Å². The third-order valence-corrected chi connectivity index (χ3v) is 2.96. The SMILES string of the molecule is O=C(O)c1cc(F)ccc1N1C(=O)CCCCC1=O. The largest absolute Gasteiger partial charge is 0.478 e. The number of hydrogen-bond donors (Lipinski definition) is 1. The first-order valence-corrected chi connectivity index (χ1v) is 5.89. The van der Waals surface area contributed by atoms with Gasteiger partial charge < -0.3 is 5.11 Å². The highest BCUT2D eigenvalue weighted by Crippen LogP contribution is 2.26. The lowest BCUT2D eigenvalue weighted by Gasteiger charge is -2.20. The second-order valence-electron chi connectivity index (χ2n) is 4.30. The minimum atomic E-state index is -1.38. The molecule has 1 aliphatic rings. The summed E-state index contributed by atoms with van der Waals surface area (Å²) in [6.45, 7) is 0. The van der Waals surface area contributed by atoms with Gasteiger partial charge in [0.2, 0.25) is 11.8 Å². The second kappa shape index (κ2) is 5.17. The Labute approximate surface area is 108 Å². The lowest BCUT2D eigenvalue weighted by atomic mass is 10.1. The summed E-state index contributed by atoms with van der Waals surface area (Å²) in [5, 5.41) is 9.05. The van der Waals surface area contributed by atoms with Crippen LogP contribution < -0.4 is 4.90 Å². The maximum atomic E-state index is 13.1. The number of rotatable bonds is 2. The van der Waals surface area contributed by atoms with Crippen LogP contribution in [0.25, 0.3) is 0 Å². The number of anilines is 1. The monoisotopic (exact) mass is 265 g/mol. The summed E-state index contributed by atoms with van der Waals surface area (Å²) in [4.78, 5) is 35.8. The number of carbonyl (C=O) groups is 3. The van der Waals surface area contributed by atoms with E-state index in [1.54, 1.807) is 0 Å². The number of aromatic carboxylic acids is 1. The zero-order chi connectivity index (χ0) is 14.0. The number of benzene rings is 1. The molecule has 0 bridgehead atoms. The molecule has 0 radical (unpaired) electrons. The minimum Gasteiger partial charge on any atom is -0.478 e. The maximum absolute atomic E-state index is 13.1. The third-order valence-electron chi connectivity index (χ3n) is 2.96. The van der Waals surface area contributed by atoms with E-state index in [0.717, 1.165) is 23.1 Å². The van der Waals surface area contributed by atoms with Crippen LogP contribution in [0.15, 0.2) is 18.2 Å². The molecule has 1 aromatic rings. The van der Waals surface area contributed by atoms with Crippen LogP contribution >= 0.6 is 0 Å². The van der Waals surface area contributed by atoms with Gasteiger partial charge in [0.1, 0.15) is 5.82 Å². The van der Waals surface area contributed by atoms with Crippen molar-refractivity contribution in [2.45, 2.75) is 25.7 Å². The van der Waals surface area contributed by atoms with Gasteiger partial charge in [-0.1, -0.05) is 0 Å². The van der Waals surface area contributed by atoms with Gasteiger partial charge in [-0.05, 0) is 31.0 Å². The molecule has 1 saturated heterocycles. The molecule has 1 heterocycles. The Balaban J connectivity index is 2.52.